The maximum Gasteiger partial charge on any atom is 0.263 e. The predicted molar refractivity (Wildman–Crippen MR) is 84.2 cm³/mol. The van der Waals surface area contributed by atoms with E-state index in [0.717, 1.165) is 34.3 Å². The molecule has 2 aromatic heterocycles. The Bertz CT molecular complexity index is 707. The minimum Gasteiger partial charge on any atom is -0.349 e. The molecule has 1 aliphatic rings. The molecule has 106 valence electrons. The Labute approximate surface area is 131 Å². The maximum absolute atomic E-state index is 12.3. The fourth-order valence-corrected chi connectivity index (χ4v) is 4.04. The van der Waals surface area contributed by atoms with Crippen LogP contribution in [-0.4, -0.2) is 16.9 Å². The van der Waals surface area contributed by atoms with E-state index in [1.54, 1.807) is 0 Å². The summed E-state index contributed by atoms with van der Waals surface area (Å²) in [5.74, 6) is -0.101. The van der Waals surface area contributed by atoms with Crippen LogP contribution in [0.2, 0.25) is 10.0 Å². The van der Waals surface area contributed by atoms with Gasteiger partial charge in [0.15, 0.2) is 0 Å². The lowest BCUT2D eigenvalue weighted by molar-refractivity contribution is 0.0921. The fraction of sp³-hybridized carbons (Fsp3) is 0.429. The molecule has 1 aliphatic carbocycles. The minimum absolute atomic E-state index is 0.101. The van der Waals surface area contributed by atoms with Gasteiger partial charge in [-0.3, -0.25) is 4.79 Å². The van der Waals surface area contributed by atoms with Crippen LogP contribution in [0, 0.1) is 13.8 Å². The number of nitrogens with one attached hydrogen (secondary N) is 1. The molecule has 6 heteroatoms. The van der Waals surface area contributed by atoms with Crippen molar-refractivity contribution in [3.63, 3.8) is 0 Å². The molecule has 1 amide bonds. The third-order valence-corrected chi connectivity index (χ3v) is 5.90. The number of thiophene rings is 1. The second kappa shape index (κ2) is 5.17. The lowest BCUT2D eigenvalue weighted by Gasteiger charge is -2.26. The van der Waals surface area contributed by atoms with Crippen molar-refractivity contribution in [3.05, 3.63) is 26.2 Å². The summed E-state index contributed by atoms with van der Waals surface area (Å²) in [7, 11) is 0. The number of hydrogen-bond acceptors (Lipinski definition) is 3. The summed E-state index contributed by atoms with van der Waals surface area (Å²) in [6.07, 6.45) is 3.29. The van der Waals surface area contributed by atoms with Crippen molar-refractivity contribution >= 4 is 50.7 Å². The van der Waals surface area contributed by atoms with E-state index in [1.807, 2.05) is 13.8 Å². The van der Waals surface area contributed by atoms with Gasteiger partial charge < -0.3 is 5.32 Å². The number of amides is 1. The zero-order valence-electron chi connectivity index (χ0n) is 11.2. The summed E-state index contributed by atoms with van der Waals surface area (Å²) in [4.78, 5) is 18.0. The molecule has 0 radical (unpaired) electrons. The predicted octanol–water partition coefficient (Wildman–Crippen LogP) is 4.50. The SMILES string of the molecule is Cc1nc2sc(C(=O)NC3CCC3)c(Cl)c2c(C)c1Cl. The first-order chi connectivity index (χ1) is 9.49. The third kappa shape index (κ3) is 2.20. The van der Waals surface area contributed by atoms with Crippen molar-refractivity contribution in [1.29, 1.82) is 0 Å². The second-order valence-corrected chi connectivity index (χ2v) is 6.92. The number of hydrogen-bond donors (Lipinski definition) is 1. The molecule has 0 aliphatic heterocycles. The summed E-state index contributed by atoms with van der Waals surface area (Å²) in [5.41, 5.74) is 1.65. The zero-order chi connectivity index (χ0) is 14.4. The van der Waals surface area contributed by atoms with Gasteiger partial charge in [-0.1, -0.05) is 23.2 Å². The van der Waals surface area contributed by atoms with Gasteiger partial charge in [-0.25, -0.2) is 4.98 Å². The van der Waals surface area contributed by atoms with Crippen molar-refractivity contribution in [1.82, 2.24) is 10.3 Å². The molecular weight excluding hydrogens is 315 g/mol. The zero-order valence-corrected chi connectivity index (χ0v) is 13.5. The number of carbonyl (C=O) groups excluding carboxylic acids is 1. The number of nitrogens with zero attached hydrogens (tertiary/aromatic N) is 1. The van der Waals surface area contributed by atoms with E-state index in [-0.39, 0.29) is 5.91 Å². The molecule has 1 saturated carbocycles. The van der Waals surface area contributed by atoms with E-state index in [4.69, 9.17) is 23.2 Å². The molecule has 0 spiro atoms. The smallest absolute Gasteiger partial charge is 0.263 e. The van der Waals surface area contributed by atoms with Gasteiger partial charge in [0, 0.05) is 11.4 Å². The number of fused-ring (bicyclic) bond motifs is 1. The number of halogens is 2. The van der Waals surface area contributed by atoms with Crippen molar-refractivity contribution in [2.45, 2.75) is 39.2 Å². The summed E-state index contributed by atoms with van der Waals surface area (Å²) in [6.45, 7) is 3.77. The molecule has 0 unspecified atom stereocenters. The fourth-order valence-electron chi connectivity index (χ4n) is 2.34. The van der Waals surface area contributed by atoms with Crippen LogP contribution in [0.4, 0.5) is 0 Å². The topological polar surface area (TPSA) is 42.0 Å². The van der Waals surface area contributed by atoms with Gasteiger partial charge in [-0.15, -0.1) is 11.3 Å². The highest BCUT2D eigenvalue weighted by molar-refractivity contribution is 7.21. The van der Waals surface area contributed by atoms with Crippen LogP contribution < -0.4 is 5.32 Å². The van der Waals surface area contributed by atoms with Gasteiger partial charge in [0.2, 0.25) is 0 Å². The molecule has 2 aromatic rings. The Kier molecular flexibility index (Phi) is 3.65. The first kappa shape index (κ1) is 14.1. The number of aryl methyl sites for hydroxylation is 2. The van der Waals surface area contributed by atoms with E-state index in [9.17, 15) is 4.79 Å². The Morgan fingerprint density at radius 2 is 2.00 bits per heavy atom. The number of rotatable bonds is 2. The highest BCUT2D eigenvalue weighted by Gasteiger charge is 2.25. The van der Waals surface area contributed by atoms with Crippen LogP contribution in [-0.2, 0) is 0 Å². The van der Waals surface area contributed by atoms with Gasteiger partial charge in [-0.2, -0.15) is 0 Å². The third-order valence-electron chi connectivity index (χ3n) is 3.77. The van der Waals surface area contributed by atoms with Gasteiger partial charge in [0.1, 0.15) is 9.71 Å². The van der Waals surface area contributed by atoms with E-state index >= 15 is 0 Å². The average Bonchev–Trinajstić information content (AvgIpc) is 2.68. The first-order valence-electron chi connectivity index (χ1n) is 6.54. The Balaban J connectivity index is 2.06. The van der Waals surface area contributed by atoms with E-state index in [0.29, 0.717) is 21.0 Å². The van der Waals surface area contributed by atoms with Crippen LogP contribution in [0.15, 0.2) is 0 Å². The minimum atomic E-state index is -0.101. The van der Waals surface area contributed by atoms with Crippen LogP contribution in [0.1, 0.15) is 40.2 Å². The van der Waals surface area contributed by atoms with Gasteiger partial charge in [-0.05, 0) is 38.7 Å². The molecular formula is C14H14Cl2N2OS. The molecule has 3 nitrogen and oxygen atoms in total. The highest BCUT2D eigenvalue weighted by atomic mass is 35.5. The van der Waals surface area contributed by atoms with E-state index in [1.165, 1.54) is 17.8 Å². The molecule has 0 saturated heterocycles. The van der Waals surface area contributed by atoms with Crippen molar-refractivity contribution in [2.75, 3.05) is 0 Å². The number of pyridine rings is 1. The monoisotopic (exact) mass is 328 g/mol. The number of carbonyl (C=O) groups is 1. The van der Waals surface area contributed by atoms with Crippen LogP contribution >= 0.6 is 34.5 Å². The Hall–Kier alpha value is -0.840. The van der Waals surface area contributed by atoms with Gasteiger partial charge >= 0.3 is 0 Å². The van der Waals surface area contributed by atoms with Crippen LogP contribution in [0.5, 0.6) is 0 Å². The summed E-state index contributed by atoms with van der Waals surface area (Å²) in [6, 6.07) is 0.295. The highest BCUT2D eigenvalue weighted by Crippen LogP contribution is 2.39. The molecule has 0 atom stereocenters. The largest absolute Gasteiger partial charge is 0.349 e. The Morgan fingerprint density at radius 3 is 2.60 bits per heavy atom. The molecule has 0 bridgehead atoms. The molecule has 0 aromatic carbocycles. The lowest BCUT2D eigenvalue weighted by atomic mass is 9.93. The van der Waals surface area contributed by atoms with Crippen molar-refractivity contribution in [3.8, 4) is 0 Å². The first-order valence-corrected chi connectivity index (χ1v) is 8.12. The van der Waals surface area contributed by atoms with Crippen molar-refractivity contribution < 1.29 is 4.79 Å². The normalized spacial score (nSPS) is 15.4. The van der Waals surface area contributed by atoms with E-state index in [2.05, 4.69) is 10.3 Å². The molecule has 3 rings (SSSR count). The average molecular weight is 329 g/mol. The standard InChI is InChI=1S/C14H14Cl2N2OS/c1-6-9-11(16)12(13(19)18-8-4-3-5-8)20-14(9)17-7(2)10(6)15/h8H,3-5H2,1-2H3,(H,18,19). The van der Waals surface area contributed by atoms with Gasteiger partial charge in [0.25, 0.3) is 5.91 Å². The quantitative estimate of drug-likeness (QED) is 0.881. The molecule has 2 heterocycles. The van der Waals surface area contributed by atoms with Gasteiger partial charge in [0.05, 0.1) is 15.7 Å². The Morgan fingerprint density at radius 1 is 1.30 bits per heavy atom. The maximum atomic E-state index is 12.3. The lowest BCUT2D eigenvalue weighted by Crippen LogP contribution is -2.39. The summed E-state index contributed by atoms with van der Waals surface area (Å²) in [5, 5.41) is 4.89. The van der Waals surface area contributed by atoms with E-state index < -0.39 is 0 Å². The summed E-state index contributed by atoms with van der Waals surface area (Å²) < 4.78 is 0. The number of aromatic nitrogens is 1. The van der Waals surface area contributed by atoms with Crippen LogP contribution in [0.3, 0.4) is 0 Å². The molecule has 20 heavy (non-hydrogen) atoms. The second-order valence-electron chi connectivity index (χ2n) is 5.16. The molecule has 1 fully saturated rings. The van der Waals surface area contributed by atoms with Crippen molar-refractivity contribution in [2.24, 2.45) is 0 Å². The molecule has 1 N–H and O–H groups in total. The van der Waals surface area contributed by atoms with Crippen LogP contribution in [0.25, 0.3) is 10.2 Å². The summed E-state index contributed by atoms with van der Waals surface area (Å²) >= 11 is 13.9.